The lowest BCUT2D eigenvalue weighted by molar-refractivity contribution is 1.18. The van der Waals surface area contributed by atoms with Gasteiger partial charge in [0, 0.05) is 68.4 Å². The number of fused-ring (bicyclic) bond motifs is 8. The van der Waals surface area contributed by atoms with E-state index in [1.165, 1.54) is 16.2 Å². The summed E-state index contributed by atoms with van der Waals surface area (Å²) in [6, 6.07) is 39.9. The zero-order chi connectivity index (χ0) is 29.0. The number of pyridine rings is 3. The molecule has 0 unspecified atom stereocenters. The van der Waals surface area contributed by atoms with Gasteiger partial charge in [0.25, 0.3) is 0 Å². The van der Waals surface area contributed by atoms with Crippen LogP contribution in [0.15, 0.2) is 140 Å². The number of nitrogens with zero attached hydrogens (tertiary/aromatic N) is 5. The van der Waals surface area contributed by atoms with Crippen molar-refractivity contribution < 1.29 is 0 Å². The van der Waals surface area contributed by atoms with E-state index in [4.69, 9.17) is 15.0 Å². The molecule has 5 heteroatoms. The Bertz CT molecular complexity index is 2540. The predicted molar refractivity (Wildman–Crippen MR) is 179 cm³/mol. The summed E-state index contributed by atoms with van der Waals surface area (Å²) in [7, 11) is 0. The summed E-state index contributed by atoms with van der Waals surface area (Å²) in [4.78, 5) is 24.0. The third kappa shape index (κ3) is 3.83. The number of benzene rings is 5. The third-order valence-corrected chi connectivity index (χ3v) is 8.43. The van der Waals surface area contributed by atoms with Crippen LogP contribution < -0.4 is 0 Å². The molecule has 5 aromatic carbocycles. The molecule has 0 aliphatic rings. The fourth-order valence-electron chi connectivity index (χ4n) is 6.37. The first-order valence-electron chi connectivity index (χ1n) is 14.6. The van der Waals surface area contributed by atoms with Gasteiger partial charge >= 0.3 is 0 Å². The van der Waals surface area contributed by atoms with Crippen LogP contribution in [0.5, 0.6) is 0 Å². The van der Waals surface area contributed by atoms with Crippen LogP contribution in [0.2, 0.25) is 0 Å². The lowest BCUT2D eigenvalue weighted by Gasteiger charge is -2.13. The third-order valence-electron chi connectivity index (χ3n) is 8.43. The Morgan fingerprint density at radius 1 is 0.432 bits per heavy atom. The first kappa shape index (κ1) is 24.5. The molecule has 0 bridgehead atoms. The Balaban J connectivity index is 1.16. The SMILES string of the molecule is c1cc(-c2ncc(-c3ccnc4c3ccc3cccnc34)cn2)cc(-c2nc3ccccc3c3c2ccc2ccccc23)c1. The van der Waals surface area contributed by atoms with Crippen LogP contribution in [0.25, 0.3) is 88.0 Å². The second kappa shape index (κ2) is 9.75. The molecule has 4 heterocycles. The molecule has 4 aromatic heterocycles. The molecule has 204 valence electrons. The summed E-state index contributed by atoms with van der Waals surface area (Å²) < 4.78 is 0. The number of rotatable bonds is 3. The molecule has 0 aliphatic heterocycles. The van der Waals surface area contributed by atoms with Crippen molar-refractivity contribution in [1.29, 1.82) is 0 Å². The molecule has 9 aromatic rings. The molecule has 0 N–H and O–H groups in total. The lowest BCUT2D eigenvalue weighted by atomic mass is 9.95. The fourth-order valence-corrected chi connectivity index (χ4v) is 6.37. The summed E-state index contributed by atoms with van der Waals surface area (Å²) in [5, 5.41) is 8.05. The van der Waals surface area contributed by atoms with Gasteiger partial charge in [0.1, 0.15) is 0 Å². The second-order valence-electron chi connectivity index (χ2n) is 11.0. The van der Waals surface area contributed by atoms with Crippen molar-refractivity contribution in [2.45, 2.75) is 0 Å². The molecular formula is C39H23N5. The van der Waals surface area contributed by atoms with Crippen LogP contribution >= 0.6 is 0 Å². The monoisotopic (exact) mass is 561 g/mol. The molecule has 44 heavy (non-hydrogen) atoms. The van der Waals surface area contributed by atoms with Crippen molar-refractivity contribution in [1.82, 2.24) is 24.9 Å². The van der Waals surface area contributed by atoms with Gasteiger partial charge in [0.15, 0.2) is 5.82 Å². The smallest absolute Gasteiger partial charge is 0.159 e. The second-order valence-corrected chi connectivity index (χ2v) is 11.0. The quantitative estimate of drug-likeness (QED) is 0.201. The Morgan fingerprint density at radius 3 is 2.11 bits per heavy atom. The maximum atomic E-state index is 5.17. The van der Waals surface area contributed by atoms with E-state index in [2.05, 4.69) is 107 Å². The Kier molecular flexibility index (Phi) is 5.43. The van der Waals surface area contributed by atoms with Gasteiger partial charge in [-0.3, -0.25) is 9.97 Å². The van der Waals surface area contributed by atoms with E-state index < -0.39 is 0 Å². The van der Waals surface area contributed by atoms with Crippen LogP contribution in [0, 0.1) is 0 Å². The van der Waals surface area contributed by atoms with Crippen LogP contribution in [0.1, 0.15) is 0 Å². The van der Waals surface area contributed by atoms with E-state index in [-0.39, 0.29) is 0 Å². The first-order chi connectivity index (χ1) is 21.8. The highest BCUT2D eigenvalue weighted by Crippen LogP contribution is 2.38. The molecule has 9 rings (SSSR count). The number of hydrogen-bond donors (Lipinski definition) is 0. The molecule has 0 amide bonds. The van der Waals surface area contributed by atoms with Gasteiger partial charge in [-0.25, -0.2) is 15.0 Å². The minimum atomic E-state index is 0.664. The number of para-hydroxylation sites is 1. The normalized spacial score (nSPS) is 11.6. The summed E-state index contributed by atoms with van der Waals surface area (Å²) in [5.41, 5.74) is 7.62. The minimum Gasteiger partial charge on any atom is -0.254 e. The van der Waals surface area contributed by atoms with Crippen molar-refractivity contribution in [3.05, 3.63) is 140 Å². The molecule has 5 nitrogen and oxygen atoms in total. The standard InChI is InChI=1S/C39H23N5/c1-2-11-30-24(7-1)14-17-33-35(30)32-12-3-4-13-34(32)44-36(33)26-8-5-9-27(21-26)39-42-22-28(23-43-39)29-18-20-41-38-31(29)16-15-25-10-6-19-40-37(25)38/h1-23H. The summed E-state index contributed by atoms with van der Waals surface area (Å²) in [6.45, 7) is 0. The average Bonchev–Trinajstić information content (AvgIpc) is 3.11. The van der Waals surface area contributed by atoms with Crippen molar-refractivity contribution in [3.8, 4) is 33.8 Å². The Labute approximate surface area is 252 Å². The van der Waals surface area contributed by atoms with E-state index in [1.807, 2.05) is 36.8 Å². The molecular weight excluding hydrogens is 538 g/mol. The molecule has 0 spiro atoms. The highest BCUT2D eigenvalue weighted by Gasteiger charge is 2.15. The van der Waals surface area contributed by atoms with Crippen LogP contribution in [0.4, 0.5) is 0 Å². The van der Waals surface area contributed by atoms with E-state index in [1.54, 1.807) is 6.20 Å². The van der Waals surface area contributed by atoms with Gasteiger partial charge in [-0.05, 0) is 40.6 Å². The fraction of sp³-hybridized carbons (Fsp3) is 0. The summed E-state index contributed by atoms with van der Waals surface area (Å²) >= 11 is 0. The molecule has 0 saturated carbocycles. The molecule has 0 fully saturated rings. The average molecular weight is 562 g/mol. The molecule has 0 atom stereocenters. The predicted octanol–water partition coefficient (Wildman–Crippen LogP) is 9.43. The van der Waals surface area contributed by atoms with Gasteiger partial charge < -0.3 is 0 Å². The lowest BCUT2D eigenvalue weighted by Crippen LogP contribution is -1.94. The highest BCUT2D eigenvalue weighted by molar-refractivity contribution is 6.22. The number of hydrogen-bond acceptors (Lipinski definition) is 5. The van der Waals surface area contributed by atoms with E-state index in [9.17, 15) is 0 Å². The highest BCUT2D eigenvalue weighted by atomic mass is 14.9. The van der Waals surface area contributed by atoms with Gasteiger partial charge in [0.2, 0.25) is 0 Å². The Morgan fingerprint density at radius 2 is 1.18 bits per heavy atom. The van der Waals surface area contributed by atoms with E-state index in [0.717, 1.165) is 66.0 Å². The zero-order valence-corrected chi connectivity index (χ0v) is 23.5. The number of aromatic nitrogens is 5. The minimum absolute atomic E-state index is 0.664. The van der Waals surface area contributed by atoms with Gasteiger partial charge in [-0.2, -0.15) is 0 Å². The topological polar surface area (TPSA) is 64.5 Å². The first-order valence-corrected chi connectivity index (χ1v) is 14.6. The van der Waals surface area contributed by atoms with Gasteiger partial charge in [-0.15, -0.1) is 0 Å². The van der Waals surface area contributed by atoms with Crippen molar-refractivity contribution in [2.24, 2.45) is 0 Å². The van der Waals surface area contributed by atoms with E-state index >= 15 is 0 Å². The maximum absolute atomic E-state index is 5.17. The largest absolute Gasteiger partial charge is 0.254 e. The van der Waals surface area contributed by atoms with Crippen molar-refractivity contribution in [3.63, 3.8) is 0 Å². The van der Waals surface area contributed by atoms with Crippen LogP contribution in [0.3, 0.4) is 0 Å². The van der Waals surface area contributed by atoms with E-state index in [0.29, 0.717) is 5.82 Å². The summed E-state index contributed by atoms with van der Waals surface area (Å²) in [5.74, 6) is 0.664. The van der Waals surface area contributed by atoms with Crippen molar-refractivity contribution >= 4 is 54.3 Å². The van der Waals surface area contributed by atoms with Crippen LogP contribution in [-0.4, -0.2) is 24.9 Å². The Hall–Kier alpha value is -6.07. The van der Waals surface area contributed by atoms with Crippen LogP contribution in [-0.2, 0) is 0 Å². The zero-order valence-electron chi connectivity index (χ0n) is 23.5. The van der Waals surface area contributed by atoms with Gasteiger partial charge in [-0.1, -0.05) is 91.0 Å². The van der Waals surface area contributed by atoms with Gasteiger partial charge in [0.05, 0.1) is 22.2 Å². The molecule has 0 saturated heterocycles. The summed E-state index contributed by atoms with van der Waals surface area (Å²) in [6.07, 6.45) is 7.41. The molecule has 0 aliphatic carbocycles. The maximum Gasteiger partial charge on any atom is 0.159 e. The molecule has 0 radical (unpaired) electrons. The van der Waals surface area contributed by atoms with Crippen molar-refractivity contribution in [2.75, 3.05) is 0 Å².